The number of rotatable bonds is 18. The molecule has 1 saturated carbocycles. The highest BCUT2D eigenvalue weighted by Crippen LogP contribution is 2.44. The number of carbonyl (C=O) groups is 2. The lowest BCUT2D eigenvalue weighted by atomic mass is 9.83. The first-order chi connectivity index (χ1) is 21.8. The standard InChI is InChI=1S/C32H46N5O7P/c1-3-43-45(41,44-4-2)37-28(19-24-14-9-6-10-15-24)32(40)36-27(20-25-21-33-22-34-25)31(39)35-26(18-23-12-7-5-8-13-23)30(38)29-16-11-17-42-29/h6,9-11,14-17,21-23,26-28,30,38H,3-5,7-8,12-13,18-20H2,1-2H3,(H,33,34)(H,35,39)(H,36,40)(H,37,41)/t26-,27-,28-,30+/m0/s1. The molecule has 0 aliphatic heterocycles. The number of aromatic nitrogens is 2. The maximum atomic E-state index is 14.0. The van der Waals surface area contributed by atoms with Crippen LogP contribution in [0.1, 0.15) is 75.5 Å². The van der Waals surface area contributed by atoms with E-state index >= 15 is 0 Å². The zero-order valence-corrected chi connectivity index (χ0v) is 26.9. The van der Waals surface area contributed by atoms with E-state index in [9.17, 15) is 19.3 Å². The first-order valence-corrected chi connectivity index (χ1v) is 17.3. The van der Waals surface area contributed by atoms with Crippen LogP contribution in [-0.4, -0.2) is 58.2 Å². The number of benzene rings is 1. The Balaban J connectivity index is 1.57. The van der Waals surface area contributed by atoms with E-state index in [-0.39, 0.29) is 26.1 Å². The van der Waals surface area contributed by atoms with Crippen molar-refractivity contribution in [3.05, 3.63) is 78.3 Å². The van der Waals surface area contributed by atoms with Crippen molar-refractivity contribution >= 4 is 19.6 Å². The lowest BCUT2D eigenvalue weighted by Gasteiger charge is -2.31. The molecule has 2 heterocycles. The van der Waals surface area contributed by atoms with Crippen LogP contribution in [0, 0.1) is 5.92 Å². The molecule has 0 saturated heterocycles. The van der Waals surface area contributed by atoms with Crippen LogP contribution in [0.3, 0.4) is 0 Å². The predicted octanol–water partition coefficient (Wildman–Crippen LogP) is 4.60. The molecule has 2 aromatic heterocycles. The summed E-state index contributed by atoms with van der Waals surface area (Å²) in [7, 11) is -3.85. The highest BCUT2D eigenvalue weighted by molar-refractivity contribution is 7.51. The van der Waals surface area contributed by atoms with E-state index in [1.165, 1.54) is 19.0 Å². The number of nitrogens with one attached hydrogen (secondary N) is 4. The number of aliphatic hydroxyl groups is 1. The summed E-state index contributed by atoms with van der Waals surface area (Å²) in [6, 6.07) is 9.91. The molecule has 0 bridgehead atoms. The summed E-state index contributed by atoms with van der Waals surface area (Å²) in [5, 5.41) is 20.0. The molecule has 12 nitrogen and oxygen atoms in total. The average molecular weight is 644 g/mol. The van der Waals surface area contributed by atoms with Crippen LogP contribution in [0.15, 0.2) is 65.7 Å². The fourth-order valence-corrected chi connectivity index (χ4v) is 7.27. The van der Waals surface area contributed by atoms with Crippen molar-refractivity contribution in [2.45, 2.75) is 89.4 Å². The molecule has 1 aromatic carbocycles. The summed E-state index contributed by atoms with van der Waals surface area (Å²) in [5.74, 6) is -0.325. The molecule has 4 rings (SSSR count). The van der Waals surface area contributed by atoms with Crippen LogP contribution in [0.25, 0.3) is 0 Å². The van der Waals surface area contributed by atoms with Gasteiger partial charge in [0.2, 0.25) is 11.8 Å². The maximum absolute atomic E-state index is 14.0. The van der Waals surface area contributed by atoms with Gasteiger partial charge >= 0.3 is 7.75 Å². The fourth-order valence-electron chi connectivity index (χ4n) is 5.78. The SMILES string of the molecule is CCOP(=O)(N[C@@H](Cc1ccccc1)C(=O)N[C@@H](Cc1cnc[nH]1)C(=O)N[C@@H](CC1CCCCC1)[C@@H](O)c1ccco1)OCC. The van der Waals surface area contributed by atoms with E-state index in [0.29, 0.717) is 23.8 Å². The normalized spacial score (nSPS) is 16.9. The molecule has 4 atom stereocenters. The summed E-state index contributed by atoms with van der Waals surface area (Å²) in [4.78, 5) is 35.0. The number of H-pyrrole nitrogens is 1. The van der Waals surface area contributed by atoms with Gasteiger partial charge in [-0.15, -0.1) is 0 Å². The first kappa shape index (κ1) is 34.6. The zero-order chi connectivity index (χ0) is 32.1. The minimum absolute atomic E-state index is 0.106. The van der Waals surface area contributed by atoms with Gasteiger partial charge in [-0.2, -0.15) is 0 Å². The highest BCUT2D eigenvalue weighted by Gasteiger charge is 2.35. The van der Waals surface area contributed by atoms with E-state index in [0.717, 1.165) is 31.2 Å². The summed E-state index contributed by atoms with van der Waals surface area (Å²) in [5.41, 5.74) is 1.45. The Hall–Kier alpha value is -3.28. The molecule has 45 heavy (non-hydrogen) atoms. The number of nitrogens with zero attached hydrogens (tertiary/aromatic N) is 1. The van der Waals surface area contributed by atoms with Gasteiger partial charge < -0.3 is 25.1 Å². The zero-order valence-electron chi connectivity index (χ0n) is 26.0. The Kier molecular flexibility index (Phi) is 13.4. The lowest BCUT2D eigenvalue weighted by Crippen LogP contribution is -2.56. The highest BCUT2D eigenvalue weighted by atomic mass is 31.2. The summed E-state index contributed by atoms with van der Waals surface area (Å²) in [6.07, 6.45) is 9.82. The van der Waals surface area contributed by atoms with Crippen molar-refractivity contribution in [3.8, 4) is 0 Å². The molecule has 246 valence electrons. The molecule has 0 unspecified atom stereocenters. The third-order valence-corrected chi connectivity index (χ3v) is 9.80. The van der Waals surface area contributed by atoms with Gasteiger partial charge in [0.25, 0.3) is 0 Å². The third-order valence-electron chi connectivity index (χ3n) is 7.98. The number of hydrogen-bond donors (Lipinski definition) is 5. The van der Waals surface area contributed by atoms with Crippen molar-refractivity contribution in [2.75, 3.05) is 13.2 Å². The number of aromatic amines is 1. The van der Waals surface area contributed by atoms with Crippen LogP contribution in [0.5, 0.6) is 0 Å². The van der Waals surface area contributed by atoms with Gasteiger partial charge in [-0.3, -0.25) is 18.6 Å². The summed E-state index contributed by atoms with van der Waals surface area (Å²) in [6.45, 7) is 3.58. The van der Waals surface area contributed by atoms with Crippen LogP contribution in [0.4, 0.5) is 0 Å². The van der Waals surface area contributed by atoms with Crippen LogP contribution < -0.4 is 15.7 Å². The Morgan fingerprint density at radius 1 is 1.00 bits per heavy atom. The molecule has 1 aliphatic carbocycles. The van der Waals surface area contributed by atoms with Crippen molar-refractivity contribution in [1.82, 2.24) is 25.7 Å². The van der Waals surface area contributed by atoms with Crippen LogP contribution >= 0.6 is 7.75 Å². The molecule has 13 heteroatoms. The van der Waals surface area contributed by atoms with Gasteiger partial charge in [-0.05, 0) is 50.3 Å². The average Bonchev–Trinajstić information content (AvgIpc) is 3.76. The Morgan fingerprint density at radius 2 is 1.71 bits per heavy atom. The van der Waals surface area contributed by atoms with E-state index in [1.807, 2.05) is 30.3 Å². The van der Waals surface area contributed by atoms with Crippen molar-refractivity contribution in [3.63, 3.8) is 0 Å². The van der Waals surface area contributed by atoms with E-state index in [1.54, 1.807) is 32.2 Å². The number of furan rings is 1. The van der Waals surface area contributed by atoms with Crippen molar-refractivity contribution < 1.29 is 32.7 Å². The van der Waals surface area contributed by atoms with Gasteiger partial charge in [0, 0.05) is 18.3 Å². The van der Waals surface area contributed by atoms with Gasteiger partial charge in [0.1, 0.15) is 23.9 Å². The van der Waals surface area contributed by atoms with E-state index in [2.05, 4.69) is 25.7 Å². The molecular weight excluding hydrogens is 597 g/mol. The number of aliphatic hydroxyl groups excluding tert-OH is 1. The molecule has 1 fully saturated rings. The molecule has 0 spiro atoms. The fraction of sp³-hybridized carbons (Fsp3) is 0.531. The van der Waals surface area contributed by atoms with E-state index < -0.39 is 43.8 Å². The smallest absolute Gasteiger partial charge is 0.406 e. The molecule has 3 aromatic rings. The number of amides is 2. The second kappa shape index (κ2) is 17.4. The molecule has 0 radical (unpaired) electrons. The number of hydrogen-bond acceptors (Lipinski definition) is 8. The monoisotopic (exact) mass is 643 g/mol. The summed E-state index contributed by atoms with van der Waals surface area (Å²) >= 11 is 0. The molecule has 1 aliphatic rings. The first-order valence-electron chi connectivity index (χ1n) is 15.8. The largest absolute Gasteiger partial charge is 0.467 e. The lowest BCUT2D eigenvalue weighted by molar-refractivity contribution is -0.131. The van der Waals surface area contributed by atoms with Crippen LogP contribution in [0.2, 0.25) is 0 Å². The van der Waals surface area contributed by atoms with Gasteiger partial charge in [-0.25, -0.2) is 14.6 Å². The Labute approximate surface area is 264 Å². The Bertz CT molecular complexity index is 1320. The molecular formula is C32H46N5O7P. The molecule has 2 amide bonds. The molecule has 5 N–H and O–H groups in total. The quantitative estimate of drug-likeness (QED) is 0.124. The van der Waals surface area contributed by atoms with Crippen molar-refractivity contribution in [1.29, 1.82) is 0 Å². The van der Waals surface area contributed by atoms with Crippen molar-refractivity contribution in [2.24, 2.45) is 5.92 Å². The second-order valence-corrected chi connectivity index (χ2v) is 13.1. The van der Waals surface area contributed by atoms with Gasteiger partial charge in [0.05, 0.1) is 31.8 Å². The van der Waals surface area contributed by atoms with Gasteiger partial charge in [0.15, 0.2) is 0 Å². The number of imidazole rings is 1. The predicted molar refractivity (Wildman–Crippen MR) is 169 cm³/mol. The minimum Gasteiger partial charge on any atom is -0.467 e. The van der Waals surface area contributed by atoms with E-state index in [4.69, 9.17) is 13.5 Å². The Morgan fingerprint density at radius 3 is 2.33 bits per heavy atom. The minimum atomic E-state index is -3.85. The third kappa shape index (κ3) is 10.6. The topological polar surface area (TPSA) is 168 Å². The summed E-state index contributed by atoms with van der Waals surface area (Å²) < 4.78 is 29.8. The second-order valence-electron chi connectivity index (χ2n) is 11.4. The van der Waals surface area contributed by atoms with Gasteiger partial charge in [-0.1, -0.05) is 62.4 Å². The maximum Gasteiger partial charge on any atom is 0.406 e. The number of carbonyl (C=O) groups excluding carboxylic acids is 2. The van der Waals surface area contributed by atoms with Crippen LogP contribution in [-0.2, 0) is 36.0 Å².